The lowest BCUT2D eigenvalue weighted by Crippen LogP contribution is -2.26. The van der Waals surface area contributed by atoms with E-state index in [1.807, 2.05) is 53.3 Å². The van der Waals surface area contributed by atoms with Gasteiger partial charge < -0.3 is 15.5 Å². The predicted octanol–water partition coefficient (Wildman–Crippen LogP) is 11.4. The SMILES string of the molecule is N/C(=C\N(N)c1cccc(N2c3ccccc3Sc3ccccc32)c1)c1ccc(-c2cn(-c3cccc(N4c5ccccc5Sc5ccccc54)c3)nn2)cc1. The van der Waals surface area contributed by atoms with Crippen LogP contribution in [0.5, 0.6) is 0 Å². The van der Waals surface area contributed by atoms with Gasteiger partial charge in [-0.1, -0.05) is 114 Å². The van der Waals surface area contributed by atoms with E-state index in [0.29, 0.717) is 5.70 Å². The van der Waals surface area contributed by atoms with E-state index in [0.717, 1.165) is 62.3 Å². The van der Waals surface area contributed by atoms with Crippen molar-refractivity contribution in [2.45, 2.75) is 19.6 Å². The van der Waals surface area contributed by atoms with Crippen molar-refractivity contribution in [3.63, 3.8) is 0 Å². The molecule has 0 fully saturated rings. The zero-order chi connectivity index (χ0) is 37.6. The van der Waals surface area contributed by atoms with Gasteiger partial charge in [-0.25, -0.2) is 10.5 Å². The molecule has 0 aliphatic carbocycles. The van der Waals surface area contributed by atoms with Gasteiger partial charge in [0.25, 0.3) is 0 Å². The molecule has 4 N–H and O–H groups in total. The van der Waals surface area contributed by atoms with Gasteiger partial charge in [-0.15, -0.1) is 5.10 Å². The van der Waals surface area contributed by atoms with E-state index >= 15 is 0 Å². The topological polar surface area (TPSA) is 92.5 Å². The Bertz CT molecular complexity index is 2690. The Morgan fingerprint density at radius 1 is 0.536 bits per heavy atom. The second-order valence-corrected chi connectivity index (χ2v) is 15.6. The monoisotopic (exact) mass is 762 g/mol. The Kier molecular flexibility index (Phi) is 8.56. The van der Waals surface area contributed by atoms with Crippen LogP contribution in [0, 0.1) is 0 Å². The highest BCUT2D eigenvalue weighted by Crippen LogP contribution is 2.52. The summed E-state index contributed by atoms with van der Waals surface area (Å²) < 4.78 is 1.82. The molecule has 0 unspecified atom stereocenters. The van der Waals surface area contributed by atoms with Crippen molar-refractivity contribution in [2.75, 3.05) is 14.8 Å². The van der Waals surface area contributed by atoms with Crippen LogP contribution in [0.25, 0.3) is 22.6 Å². The molecule has 270 valence electrons. The van der Waals surface area contributed by atoms with Crippen LogP contribution in [0.4, 0.5) is 39.8 Å². The fraction of sp³-hybridized carbons (Fsp3) is 0. The van der Waals surface area contributed by atoms with Crippen molar-refractivity contribution in [3.05, 3.63) is 188 Å². The lowest BCUT2D eigenvalue weighted by atomic mass is 10.1. The van der Waals surface area contributed by atoms with E-state index in [4.69, 9.17) is 11.6 Å². The van der Waals surface area contributed by atoms with Crippen LogP contribution < -0.4 is 26.4 Å². The summed E-state index contributed by atoms with van der Waals surface area (Å²) in [6.07, 6.45) is 3.71. The second-order valence-electron chi connectivity index (χ2n) is 13.4. The largest absolute Gasteiger partial charge is 0.397 e. The molecule has 10 heteroatoms. The number of hydrazine groups is 1. The van der Waals surface area contributed by atoms with Gasteiger partial charge >= 0.3 is 0 Å². The van der Waals surface area contributed by atoms with E-state index < -0.39 is 0 Å². The van der Waals surface area contributed by atoms with Crippen LogP contribution >= 0.6 is 23.5 Å². The van der Waals surface area contributed by atoms with Crippen molar-refractivity contribution >= 4 is 69.0 Å². The summed E-state index contributed by atoms with van der Waals surface area (Å²) in [5.74, 6) is 6.63. The number of anilines is 7. The van der Waals surface area contributed by atoms with Crippen LogP contribution in [0.15, 0.2) is 202 Å². The number of hydrogen-bond acceptors (Lipinski definition) is 9. The summed E-state index contributed by atoms with van der Waals surface area (Å²) >= 11 is 3.58. The van der Waals surface area contributed by atoms with E-state index in [1.165, 1.54) is 19.6 Å². The molecule has 0 spiro atoms. The van der Waals surface area contributed by atoms with Gasteiger partial charge in [-0.2, -0.15) is 0 Å². The fourth-order valence-electron chi connectivity index (χ4n) is 7.19. The van der Waals surface area contributed by atoms with Crippen LogP contribution in [0.2, 0.25) is 0 Å². The Morgan fingerprint density at radius 3 is 1.57 bits per heavy atom. The molecule has 8 nitrogen and oxygen atoms in total. The summed E-state index contributed by atoms with van der Waals surface area (Å²) in [6, 6.07) is 58.5. The third-order valence-electron chi connectivity index (χ3n) is 9.89. The van der Waals surface area contributed by atoms with Crippen LogP contribution in [0.3, 0.4) is 0 Å². The van der Waals surface area contributed by atoms with E-state index in [1.54, 1.807) is 34.7 Å². The Labute approximate surface area is 333 Å². The quantitative estimate of drug-likeness (QED) is 0.122. The van der Waals surface area contributed by atoms with Crippen LogP contribution in [0.1, 0.15) is 5.56 Å². The Morgan fingerprint density at radius 2 is 1.02 bits per heavy atom. The van der Waals surface area contributed by atoms with Gasteiger partial charge in [-0.3, -0.25) is 5.01 Å². The van der Waals surface area contributed by atoms with E-state index in [9.17, 15) is 0 Å². The van der Waals surface area contributed by atoms with Crippen molar-refractivity contribution in [1.82, 2.24) is 15.0 Å². The summed E-state index contributed by atoms with van der Waals surface area (Å²) in [4.78, 5) is 9.44. The highest BCUT2D eigenvalue weighted by atomic mass is 32.2. The van der Waals surface area contributed by atoms with Gasteiger partial charge in [0.15, 0.2) is 0 Å². The maximum atomic E-state index is 6.63. The third-order valence-corrected chi connectivity index (χ3v) is 12.1. The maximum absolute atomic E-state index is 6.63. The molecule has 0 radical (unpaired) electrons. The molecule has 1 aromatic heterocycles. The number of aromatic nitrogens is 3. The van der Waals surface area contributed by atoms with Crippen LogP contribution in [-0.2, 0) is 0 Å². The van der Waals surface area contributed by atoms with Crippen molar-refractivity contribution in [3.8, 4) is 16.9 Å². The molecular formula is C46H34N8S2. The lowest BCUT2D eigenvalue weighted by molar-refractivity contribution is 0.804. The summed E-state index contributed by atoms with van der Waals surface area (Å²) in [6.45, 7) is 0. The highest BCUT2D eigenvalue weighted by Gasteiger charge is 2.26. The first kappa shape index (κ1) is 33.8. The highest BCUT2D eigenvalue weighted by molar-refractivity contribution is 8.00. The maximum Gasteiger partial charge on any atom is 0.113 e. The van der Waals surface area contributed by atoms with Crippen LogP contribution in [-0.4, -0.2) is 15.0 Å². The smallest absolute Gasteiger partial charge is 0.113 e. The number of hydrogen-bond donors (Lipinski definition) is 2. The van der Waals surface area contributed by atoms with Gasteiger partial charge in [0.05, 0.1) is 46.0 Å². The zero-order valence-electron chi connectivity index (χ0n) is 30.0. The Balaban J connectivity index is 0.881. The minimum atomic E-state index is 0.536. The van der Waals surface area contributed by atoms with Crippen molar-refractivity contribution in [2.24, 2.45) is 11.6 Å². The molecule has 3 heterocycles. The number of para-hydroxylation sites is 4. The number of nitrogens with zero attached hydrogens (tertiary/aromatic N) is 6. The average molecular weight is 763 g/mol. The molecule has 0 bridgehead atoms. The number of fused-ring (bicyclic) bond motifs is 4. The molecule has 0 saturated carbocycles. The summed E-state index contributed by atoms with van der Waals surface area (Å²) in [7, 11) is 0. The zero-order valence-corrected chi connectivity index (χ0v) is 31.6. The first-order chi connectivity index (χ1) is 27.6. The number of rotatable bonds is 7. The molecule has 10 rings (SSSR count). The molecule has 0 saturated heterocycles. The lowest BCUT2D eigenvalue weighted by Gasteiger charge is -2.33. The Hall–Kier alpha value is -6.72. The number of nitrogens with two attached hydrogens (primary N) is 2. The van der Waals surface area contributed by atoms with Gasteiger partial charge in [-0.05, 0) is 90.5 Å². The summed E-state index contributed by atoms with van der Waals surface area (Å²) in [5.41, 5.74) is 18.1. The third kappa shape index (κ3) is 6.15. The van der Waals surface area contributed by atoms with Crippen molar-refractivity contribution < 1.29 is 0 Å². The molecule has 7 aromatic carbocycles. The second kappa shape index (κ2) is 14.2. The molecule has 0 atom stereocenters. The number of benzene rings is 7. The molecule has 2 aliphatic rings. The first-order valence-electron chi connectivity index (χ1n) is 18.1. The van der Waals surface area contributed by atoms with E-state index in [-0.39, 0.29) is 0 Å². The first-order valence-corrected chi connectivity index (χ1v) is 19.8. The van der Waals surface area contributed by atoms with E-state index in [2.05, 4.69) is 148 Å². The normalized spacial score (nSPS) is 13.1. The predicted molar refractivity (Wildman–Crippen MR) is 230 cm³/mol. The van der Waals surface area contributed by atoms with Gasteiger partial charge in [0.1, 0.15) is 5.69 Å². The minimum Gasteiger partial charge on any atom is -0.397 e. The van der Waals surface area contributed by atoms with Crippen molar-refractivity contribution in [1.29, 1.82) is 0 Å². The molecule has 8 aromatic rings. The average Bonchev–Trinajstić information content (AvgIpc) is 3.75. The molecule has 0 amide bonds. The standard InChI is InChI=1S/C46H34N8S2/c47-37(29-51(48)33-11-9-13-35(27-33)53-39-15-1-5-19-43(39)55-44-20-6-2-16-40(44)53)31-23-25-32(26-24-31)38-30-52(50-49-38)34-12-10-14-36(28-34)54-41-17-3-7-21-45(41)56-46-22-8-4-18-42(46)54/h1-30H,47-48H2/b37-29-. The molecule has 56 heavy (non-hydrogen) atoms. The van der Waals surface area contributed by atoms with Gasteiger partial charge in [0.2, 0.25) is 0 Å². The van der Waals surface area contributed by atoms with Gasteiger partial charge in [0, 0.05) is 42.7 Å². The summed E-state index contributed by atoms with van der Waals surface area (Å²) in [5, 5.41) is 10.6. The fourth-order valence-corrected chi connectivity index (χ4v) is 9.30. The molecular weight excluding hydrogens is 729 g/mol. The minimum absolute atomic E-state index is 0.536. The molecule has 2 aliphatic heterocycles.